The first-order chi connectivity index (χ1) is 11.0. The van der Waals surface area contributed by atoms with Crippen molar-refractivity contribution in [3.05, 3.63) is 42.6 Å². The molecular formula is C17H19N3O3. The van der Waals surface area contributed by atoms with Crippen molar-refractivity contribution in [3.8, 4) is 11.5 Å². The van der Waals surface area contributed by atoms with Crippen LogP contribution in [0, 0.1) is 0 Å². The Kier molecular flexibility index (Phi) is 4.06. The van der Waals surface area contributed by atoms with E-state index < -0.39 is 6.10 Å². The van der Waals surface area contributed by atoms with Gasteiger partial charge >= 0.3 is 0 Å². The Morgan fingerprint density at radius 1 is 1.13 bits per heavy atom. The summed E-state index contributed by atoms with van der Waals surface area (Å²) in [7, 11) is 3.86. The molecule has 1 N–H and O–H groups in total. The van der Waals surface area contributed by atoms with Crippen LogP contribution in [0.25, 0.3) is 0 Å². The van der Waals surface area contributed by atoms with E-state index in [9.17, 15) is 4.79 Å². The van der Waals surface area contributed by atoms with Gasteiger partial charge in [-0.05, 0) is 31.2 Å². The summed E-state index contributed by atoms with van der Waals surface area (Å²) in [6, 6.07) is 11.0. The first kappa shape index (κ1) is 15.1. The van der Waals surface area contributed by atoms with Crippen molar-refractivity contribution in [2.24, 2.45) is 0 Å². The minimum Gasteiger partial charge on any atom is -0.482 e. The van der Waals surface area contributed by atoms with E-state index in [-0.39, 0.29) is 12.0 Å². The fourth-order valence-corrected chi connectivity index (χ4v) is 2.33. The van der Waals surface area contributed by atoms with Crippen LogP contribution in [0.3, 0.4) is 0 Å². The fourth-order valence-electron chi connectivity index (χ4n) is 2.33. The molecule has 1 amide bonds. The van der Waals surface area contributed by atoms with Gasteiger partial charge in [0.25, 0.3) is 5.91 Å². The zero-order valence-corrected chi connectivity index (χ0v) is 13.3. The van der Waals surface area contributed by atoms with Gasteiger partial charge in [-0.3, -0.25) is 4.79 Å². The predicted octanol–water partition coefficient (Wildman–Crippen LogP) is 2.31. The summed E-state index contributed by atoms with van der Waals surface area (Å²) in [4.78, 5) is 18.6. The second-order valence-corrected chi connectivity index (χ2v) is 5.59. The summed E-state index contributed by atoms with van der Waals surface area (Å²) in [5.41, 5.74) is 0.961. The normalized spacial score (nSPS) is 19.1. The third-order valence-electron chi connectivity index (χ3n) is 3.62. The van der Waals surface area contributed by atoms with Gasteiger partial charge in [-0.15, -0.1) is 0 Å². The minimum absolute atomic E-state index is 0.280. The van der Waals surface area contributed by atoms with E-state index in [1.165, 1.54) is 0 Å². The standard InChI is InChI=1S/C17H19N3O3/c1-11-16(23-14-7-5-4-6-13(14)22-11)17(21)19-15-9-8-12(10-18-15)20(2)3/h4-11,16H,1-3H3,(H,18,19,21)/t11-,16+/m1/s1. The zero-order chi connectivity index (χ0) is 16.4. The molecule has 120 valence electrons. The molecule has 1 aromatic heterocycles. The van der Waals surface area contributed by atoms with Crippen molar-refractivity contribution in [3.63, 3.8) is 0 Å². The first-order valence-electron chi connectivity index (χ1n) is 7.41. The molecule has 23 heavy (non-hydrogen) atoms. The van der Waals surface area contributed by atoms with Crippen molar-refractivity contribution >= 4 is 17.4 Å². The number of para-hydroxylation sites is 2. The van der Waals surface area contributed by atoms with Crippen LogP contribution in [0.5, 0.6) is 11.5 Å². The molecule has 0 saturated carbocycles. The number of hydrogen-bond acceptors (Lipinski definition) is 5. The number of anilines is 2. The zero-order valence-electron chi connectivity index (χ0n) is 13.3. The summed E-state index contributed by atoms with van der Waals surface area (Å²) < 4.78 is 11.5. The van der Waals surface area contributed by atoms with Crippen molar-refractivity contribution < 1.29 is 14.3 Å². The maximum Gasteiger partial charge on any atom is 0.270 e. The molecule has 0 bridgehead atoms. The summed E-state index contributed by atoms with van der Waals surface area (Å²) in [5, 5.41) is 2.77. The van der Waals surface area contributed by atoms with Crippen LogP contribution >= 0.6 is 0 Å². The van der Waals surface area contributed by atoms with E-state index >= 15 is 0 Å². The van der Waals surface area contributed by atoms with E-state index in [1.807, 2.05) is 50.2 Å². The van der Waals surface area contributed by atoms with Gasteiger partial charge in [0, 0.05) is 14.1 Å². The van der Waals surface area contributed by atoms with Crippen LogP contribution in [0.2, 0.25) is 0 Å². The van der Waals surface area contributed by atoms with Gasteiger partial charge in [-0.25, -0.2) is 4.98 Å². The Morgan fingerprint density at radius 3 is 2.43 bits per heavy atom. The van der Waals surface area contributed by atoms with Gasteiger partial charge in [0.1, 0.15) is 11.9 Å². The van der Waals surface area contributed by atoms with Gasteiger partial charge in [-0.2, -0.15) is 0 Å². The Morgan fingerprint density at radius 2 is 1.83 bits per heavy atom. The predicted molar refractivity (Wildman–Crippen MR) is 88.1 cm³/mol. The number of ether oxygens (including phenoxy) is 2. The monoisotopic (exact) mass is 313 g/mol. The van der Waals surface area contributed by atoms with Gasteiger partial charge in [-0.1, -0.05) is 12.1 Å². The average Bonchev–Trinajstić information content (AvgIpc) is 2.54. The Bertz CT molecular complexity index is 700. The van der Waals surface area contributed by atoms with Gasteiger partial charge < -0.3 is 19.7 Å². The summed E-state index contributed by atoms with van der Waals surface area (Å²) in [5.74, 6) is 1.42. The molecule has 0 aliphatic carbocycles. The molecule has 0 radical (unpaired) electrons. The molecular weight excluding hydrogens is 294 g/mol. The van der Waals surface area contributed by atoms with Crippen LogP contribution in [0.4, 0.5) is 11.5 Å². The molecule has 1 aliphatic heterocycles. The highest BCUT2D eigenvalue weighted by molar-refractivity contribution is 5.94. The lowest BCUT2D eigenvalue weighted by atomic mass is 10.1. The molecule has 1 aliphatic rings. The number of carbonyl (C=O) groups is 1. The van der Waals surface area contributed by atoms with Crippen LogP contribution in [-0.4, -0.2) is 37.2 Å². The lowest BCUT2D eigenvalue weighted by molar-refractivity contribution is -0.128. The number of benzene rings is 1. The SMILES string of the molecule is C[C@H]1Oc2ccccc2O[C@@H]1C(=O)Nc1ccc(N(C)C)cn1. The highest BCUT2D eigenvalue weighted by Crippen LogP contribution is 2.33. The van der Waals surface area contributed by atoms with Gasteiger partial charge in [0.2, 0.25) is 6.10 Å². The molecule has 0 spiro atoms. The number of carbonyl (C=O) groups excluding carboxylic acids is 1. The molecule has 0 saturated heterocycles. The van der Waals surface area contributed by atoms with Crippen LogP contribution < -0.4 is 19.7 Å². The number of fused-ring (bicyclic) bond motifs is 1. The third kappa shape index (κ3) is 3.21. The summed E-state index contributed by atoms with van der Waals surface area (Å²) in [6.45, 7) is 1.81. The molecule has 2 atom stereocenters. The van der Waals surface area contributed by atoms with Gasteiger partial charge in [0.15, 0.2) is 11.5 Å². The number of pyridine rings is 1. The molecule has 2 aromatic rings. The maximum absolute atomic E-state index is 12.4. The van der Waals surface area contributed by atoms with Crippen molar-refractivity contribution in [2.45, 2.75) is 19.1 Å². The summed E-state index contributed by atoms with van der Waals surface area (Å²) >= 11 is 0. The highest BCUT2D eigenvalue weighted by Gasteiger charge is 2.34. The van der Waals surface area contributed by atoms with Crippen LogP contribution in [0.15, 0.2) is 42.6 Å². The Balaban J connectivity index is 1.71. The second-order valence-electron chi connectivity index (χ2n) is 5.59. The van der Waals surface area contributed by atoms with Crippen molar-refractivity contribution in [2.75, 3.05) is 24.3 Å². The quantitative estimate of drug-likeness (QED) is 0.942. The van der Waals surface area contributed by atoms with E-state index in [1.54, 1.807) is 18.3 Å². The third-order valence-corrected chi connectivity index (χ3v) is 3.62. The molecule has 0 fully saturated rings. The van der Waals surface area contributed by atoms with E-state index in [4.69, 9.17) is 9.47 Å². The molecule has 2 heterocycles. The van der Waals surface area contributed by atoms with Crippen molar-refractivity contribution in [1.82, 2.24) is 4.98 Å². The number of amides is 1. The molecule has 6 nitrogen and oxygen atoms in total. The number of rotatable bonds is 3. The first-order valence-corrected chi connectivity index (χ1v) is 7.41. The maximum atomic E-state index is 12.4. The van der Waals surface area contributed by atoms with E-state index in [2.05, 4.69) is 10.3 Å². The van der Waals surface area contributed by atoms with Crippen LogP contribution in [-0.2, 0) is 4.79 Å². The average molecular weight is 313 g/mol. The Labute approximate surface area is 135 Å². The molecule has 0 unspecified atom stereocenters. The molecule has 3 rings (SSSR count). The lowest BCUT2D eigenvalue weighted by Crippen LogP contribution is -2.46. The molecule has 1 aromatic carbocycles. The molecule has 6 heteroatoms. The Hall–Kier alpha value is -2.76. The lowest BCUT2D eigenvalue weighted by Gasteiger charge is -2.30. The highest BCUT2D eigenvalue weighted by atomic mass is 16.6. The van der Waals surface area contributed by atoms with E-state index in [0.29, 0.717) is 17.3 Å². The van der Waals surface area contributed by atoms with Crippen molar-refractivity contribution in [1.29, 1.82) is 0 Å². The smallest absolute Gasteiger partial charge is 0.270 e. The number of nitrogens with one attached hydrogen (secondary N) is 1. The topological polar surface area (TPSA) is 63.7 Å². The minimum atomic E-state index is -0.722. The fraction of sp³-hybridized carbons (Fsp3) is 0.294. The van der Waals surface area contributed by atoms with Gasteiger partial charge in [0.05, 0.1) is 11.9 Å². The summed E-state index contributed by atoms with van der Waals surface area (Å²) in [6.07, 6.45) is 0.596. The van der Waals surface area contributed by atoms with Crippen LogP contribution in [0.1, 0.15) is 6.92 Å². The number of nitrogens with zero attached hydrogens (tertiary/aromatic N) is 2. The number of hydrogen-bond donors (Lipinski definition) is 1. The van der Waals surface area contributed by atoms with E-state index in [0.717, 1.165) is 5.69 Å². The second kappa shape index (κ2) is 6.16. The number of aromatic nitrogens is 1. The largest absolute Gasteiger partial charge is 0.482 e.